The third kappa shape index (κ3) is 3.18. The van der Waals surface area contributed by atoms with E-state index in [1.54, 1.807) is 55.6 Å². The van der Waals surface area contributed by atoms with E-state index in [1.165, 1.54) is 0 Å². The Bertz CT molecular complexity index is 964. The quantitative estimate of drug-likeness (QED) is 0.561. The van der Waals surface area contributed by atoms with Gasteiger partial charge in [0.15, 0.2) is 0 Å². The minimum Gasteiger partial charge on any atom is -0.497 e. The fourth-order valence-electron chi connectivity index (χ4n) is 2.20. The summed E-state index contributed by atoms with van der Waals surface area (Å²) in [7, 11) is 1.55. The largest absolute Gasteiger partial charge is 0.497 e. The number of carbonyl (C=O) groups excluding carboxylic acids is 1. The summed E-state index contributed by atoms with van der Waals surface area (Å²) in [5.74, 6) is 0.147. The Morgan fingerprint density at radius 1 is 1.21 bits per heavy atom. The minimum atomic E-state index is -0.474. The summed E-state index contributed by atoms with van der Waals surface area (Å²) in [4.78, 5) is 12.5. The van der Waals surface area contributed by atoms with Gasteiger partial charge in [-0.2, -0.15) is 0 Å². The van der Waals surface area contributed by atoms with Gasteiger partial charge in [0.25, 0.3) is 11.5 Å². The number of hydrogen-bond acceptors (Lipinski definition) is 5. The van der Waals surface area contributed by atoms with Gasteiger partial charge in [-0.3, -0.25) is 4.79 Å². The number of amides is 1. The van der Waals surface area contributed by atoms with Crippen LogP contribution in [0.1, 0.15) is 10.4 Å². The van der Waals surface area contributed by atoms with Gasteiger partial charge in [0.05, 0.1) is 7.11 Å². The highest BCUT2D eigenvalue weighted by atomic mass is 35.5. The highest BCUT2D eigenvalue weighted by Crippen LogP contribution is 2.21. The van der Waals surface area contributed by atoms with Crippen molar-refractivity contribution in [2.45, 2.75) is 0 Å². The third-order valence-electron chi connectivity index (χ3n) is 3.39. The number of anilines is 1. The van der Waals surface area contributed by atoms with Gasteiger partial charge >= 0.3 is 0 Å². The van der Waals surface area contributed by atoms with Gasteiger partial charge in [-0.25, -0.2) is 0 Å². The number of ether oxygens (including phenoxy) is 1. The maximum absolute atomic E-state index is 12.5. The summed E-state index contributed by atoms with van der Waals surface area (Å²) < 4.78 is 10.6. The van der Waals surface area contributed by atoms with E-state index >= 15 is 0 Å². The summed E-state index contributed by atoms with van der Waals surface area (Å²) in [5.41, 5.74) is 0.929. The van der Waals surface area contributed by atoms with Crippen LogP contribution in [-0.4, -0.2) is 18.2 Å². The molecule has 2 N–H and O–H groups in total. The van der Waals surface area contributed by atoms with Crippen molar-refractivity contribution in [3.8, 4) is 5.75 Å². The molecule has 0 saturated carbocycles. The number of hydrogen-bond donors (Lipinski definition) is 2. The number of nitrogens with one attached hydrogen (secondary N) is 1. The number of nitrogens with zero attached hydrogens (tertiary/aromatic N) is 1. The Hall–Kier alpha value is -2.99. The minimum absolute atomic E-state index is 0.0909. The molecule has 0 unspecified atom stereocenters. The van der Waals surface area contributed by atoms with Crippen molar-refractivity contribution >= 4 is 34.2 Å². The second kappa shape index (κ2) is 6.64. The van der Waals surface area contributed by atoms with E-state index in [-0.39, 0.29) is 11.1 Å². The van der Waals surface area contributed by atoms with Crippen molar-refractivity contribution in [3.05, 3.63) is 64.7 Å². The lowest BCUT2D eigenvalue weighted by atomic mass is 10.1. The van der Waals surface area contributed by atoms with Crippen molar-refractivity contribution in [1.29, 1.82) is 0 Å². The van der Waals surface area contributed by atoms with Gasteiger partial charge in [-0.05, 0) is 53.7 Å². The zero-order valence-electron chi connectivity index (χ0n) is 12.6. The highest BCUT2D eigenvalue weighted by molar-refractivity contribution is 6.30. The number of fused-ring (bicyclic) bond motifs is 1. The molecule has 3 aromatic rings. The molecule has 0 saturated heterocycles. The smallest absolute Gasteiger partial charge is 0.268 e. The Morgan fingerprint density at radius 3 is 2.62 bits per heavy atom. The molecule has 3 rings (SSSR count). The van der Waals surface area contributed by atoms with Crippen LogP contribution in [0.15, 0.2) is 58.1 Å². The SMILES string of the molecule is COc1ccc2o/c(=N\O)c(C(=O)Nc3ccc(Cl)cc3)cc2c1. The molecular weight excluding hydrogens is 332 g/mol. The van der Waals surface area contributed by atoms with Crippen molar-refractivity contribution in [2.75, 3.05) is 12.4 Å². The van der Waals surface area contributed by atoms with E-state index in [2.05, 4.69) is 10.5 Å². The molecule has 0 bridgehead atoms. The van der Waals surface area contributed by atoms with Crippen LogP contribution >= 0.6 is 11.6 Å². The zero-order valence-corrected chi connectivity index (χ0v) is 13.4. The third-order valence-corrected chi connectivity index (χ3v) is 3.64. The molecule has 24 heavy (non-hydrogen) atoms. The fraction of sp³-hybridized carbons (Fsp3) is 0.0588. The molecule has 0 aliphatic heterocycles. The standard InChI is InChI=1S/C17H13ClN2O4/c1-23-13-6-7-15-10(8-13)9-14(17(20-22)24-15)16(21)19-12-4-2-11(18)3-5-12/h2-9,22H,1H3,(H,19,21)/b20-17-. The lowest BCUT2D eigenvalue weighted by Crippen LogP contribution is -2.21. The molecule has 1 aromatic heterocycles. The summed E-state index contributed by atoms with van der Waals surface area (Å²) >= 11 is 5.82. The average Bonchev–Trinajstić information content (AvgIpc) is 2.61. The van der Waals surface area contributed by atoms with Crippen LogP contribution in [0.4, 0.5) is 5.69 Å². The fourth-order valence-corrected chi connectivity index (χ4v) is 2.33. The van der Waals surface area contributed by atoms with Crippen LogP contribution < -0.4 is 15.6 Å². The van der Waals surface area contributed by atoms with Crippen molar-refractivity contribution < 1.29 is 19.2 Å². The molecule has 0 radical (unpaired) electrons. The van der Waals surface area contributed by atoms with Gasteiger partial charge in [0, 0.05) is 16.1 Å². The Labute approximate surface area is 141 Å². The first-order valence-corrected chi connectivity index (χ1v) is 7.35. The molecule has 0 fully saturated rings. The van der Waals surface area contributed by atoms with Crippen LogP contribution in [0, 0.1) is 0 Å². The van der Waals surface area contributed by atoms with Gasteiger partial charge in [-0.1, -0.05) is 11.6 Å². The first-order chi connectivity index (χ1) is 11.6. The number of benzene rings is 2. The van der Waals surface area contributed by atoms with Crippen LogP contribution in [0.3, 0.4) is 0 Å². The van der Waals surface area contributed by atoms with Gasteiger partial charge in [0.1, 0.15) is 16.9 Å². The average molecular weight is 345 g/mol. The molecule has 7 heteroatoms. The summed E-state index contributed by atoms with van der Waals surface area (Å²) in [6.07, 6.45) is 0. The topological polar surface area (TPSA) is 84.1 Å². The molecule has 0 spiro atoms. The van der Waals surface area contributed by atoms with Gasteiger partial charge in [0.2, 0.25) is 0 Å². The molecule has 122 valence electrons. The van der Waals surface area contributed by atoms with E-state index in [0.29, 0.717) is 27.4 Å². The van der Waals surface area contributed by atoms with E-state index in [0.717, 1.165) is 0 Å². The summed E-state index contributed by atoms with van der Waals surface area (Å²) in [6, 6.07) is 13.3. The molecular formula is C17H13ClN2O4. The number of methoxy groups -OCH3 is 1. The van der Waals surface area contributed by atoms with Crippen LogP contribution in [0.2, 0.25) is 5.02 Å². The van der Waals surface area contributed by atoms with Crippen LogP contribution in [0.25, 0.3) is 11.0 Å². The molecule has 1 heterocycles. The lowest BCUT2D eigenvalue weighted by Gasteiger charge is -2.07. The normalized spacial score (nSPS) is 11.5. The second-order valence-electron chi connectivity index (χ2n) is 4.93. The molecule has 1 amide bonds. The summed E-state index contributed by atoms with van der Waals surface area (Å²) in [6.45, 7) is 0. The Balaban J connectivity index is 2.03. The molecule has 2 aromatic carbocycles. The van der Waals surface area contributed by atoms with E-state index in [4.69, 9.17) is 26.0 Å². The number of rotatable bonds is 3. The van der Waals surface area contributed by atoms with Gasteiger partial charge in [-0.15, -0.1) is 0 Å². The number of halogens is 1. The van der Waals surface area contributed by atoms with Crippen molar-refractivity contribution in [3.63, 3.8) is 0 Å². The van der Waals surface area contributed by atoms with Crippen LogP contribution in [-0.2, 0) is 0 Å². The molecule has 0 aliphatic rings. The Morgan fingerprint density at radius 2 is 1.96 bits per heavy atom. The maximum Gasteiger partial charge on any atom is 0.268 e. The van der Waals surface area contributed by atoms with Crippen molar-refractivity contribution in [2.24, 2.45) is 5.16 Å². The zero-order chi connectivity index (χ0) is 17.1. The van der Waals surface area contributed by atoms with Crippen LogP contribution in [0.5, 0.6) is 5.75 Å². The van der Waals surface area contributed by atoms with Crippen molar-refractivity contribution in [1.82, 2.24) is 0 Å². The first-order valence-electron chi connectivity index (χ1n) is 6.97. The first kappa shape index (κ1) is 15.9. The molecule has 0 atom stereocenters. The Kier molecular flexibility index (Phi) is 4.39. The molecule has 6 nitrogen and oxygen atoms in total. The monoisotopic (exact) mass is 344 g/mol. The second-order valence-corrected chi connectivity index (χ2v) is 5.37. The van der Waals surface area contributed by atoms with E-state index in [1.807, 2.05) is 0 Å². The summed E-state index contributed by atoms with van der Waals surface area (Å²) in [5, 5.41) is 16.1. The maximum atomic E-state index is 12.5. The molecule has 0 aliphatic carbocycles. The van der Waals surface area contributed by atoms with E-state index < -0.39 is 5.91 Å². The predicted octanol–water partition coefficient (Wildman–Crippen LogP) is 3.64. The van der Waals surface area contributed by atoms with Gasteiger partial charge < -0.3 is 19.7 Å². The lowest BCUT2D eigenvalue weighted by molar-refractivity contribution is 0.102. The predicted molar refractivity (Wildman–Crippen MR) is 89.5 cm³/mol. The van der Waals surface area contributed by atoms with E-state index in [9.17, 15) is 4.79 Å². The highest BCUT2D eigenvalue weighted by Gasteiger charge is 2.13. The number of carbonyl (C=O) groups is 1.